The Kier molecular flexibility index (Phi) is 22.0. The molecule has 0 aromatic carbocycles. The molecule has 0 atom stereocenters. The van der Waals surface area contributed by atoms with Gasteiger partial charge in [-0.1, -0.05) is 12.5 Å². The zero-order chi connectivity index (χ0) is 6.83. The van der Waals surface area contributed by atoms with E-state index in [2.05, 4.69) is 34.3 Å². The fourth-order valence-corrected chi connectivity index (χ4v) is 0.214. The van der Waals surface area contributed by atoms with Gasteiger partial charge in [-0.3, -0.25) is 6.08 Å². The van der Waals surface area contributed by atoms with E-state index in [9.17, 15) is 0 Å². The summed E-state index contributed by atoms with van der Waals surface area (Å²) in [5.74, 6) is 0. The summed E-state index contributed by atoms with van der Waals surface area (Å²) in [6, 6.07) is 0. The van der Waals surface area contributed by atoms with Gasteiger partial charge in [0, 0.05) is 0 Å². The van der Waals surface area contributed by atoms with E-state index in [-0.39, 0.29) is 0 Å². The Balaban J connectivity index is 0. The molecule has 0 aromatic heterocycles. The minimum absolute atomic E-state index is 0.948. The second-order valence-corrected chi connectivity index (χ2v) is 1.10. The first-order valence-corrected chi connectivity index (χ1v) is 4.18. The van der Waals surface area contributed by atoms with Crippen molar-refractivity contribution in [2.75, 3.05) is 0 Å². The second-order valence-electron chi connectivity index (χ2n) is 1.10. The molecule has 0 unspecified atom stereocenters. The number of hydrogen-bond acceptors (Lipinski definition) is 0. The standard InChI is InChI=1S/C6H9.ClH.Pd/c1-3-5-6-4-2;;/h1,3-4H,2,5-6H2;1H;/q-1;;+2/p-1. The summed E-state index contributed by atoms with van der Waals surface area (Å²) in [6.45, 7) is 8.56. The summed E-state index contributed by atoms with van der Waals surface area (Å²) >= 11 is 2.22. The van der Waals surface area contributed by atoms with Gasteiger partial charge in [-0.25, -0.2) is 0 Å². The van der Waals surface area contributed by atoms with Gasteiger partial charge < -0.3 is 6.58 Å². The van der Waals surface area contributed by atoms with Gasteiger partial charge in [-0.2, -0.15) is 0 Å². The van der Waals surface area contributed by atoms with Crippen LogP contribution in [0, 0.1) is 6.58 Å². The molecule has 2 heteroatoms. The van der Waals surface area contributed by atoms with Gasteiger partial charge in [-0.05, 0) is 6.42 Å². The second kappa shape index (κ2) is 15.7. The van der Waals surface area contributed by atoms with Crippen molar-refractivity contribution in [3.63, 3.8) is 0 Å². The molecule has 0 radical (unpaired) electrons. The van der Waals surface area contributed by atoms with Crippen LogP contribution in [0.15, 0.2) is 18.7 Å². The third-order valence-corrected chi connectivity index (χ3v) is 0.537. The van der Waals surface area contributed by atoms with Crippen LogP contribution in [-0.4, -0.2) is 0 Å². The molecule has 0 heterocycles. The SMILES string of the molecule is [CH-]=CCCC=C.[Cl][Pd+]. The predicted octanol–water partition coefficient (Wildman–Crippen LogP) is 2.63. The maximum atomic E-state index is 5.04. The van der Waals surface area contributed by atoms with Gasteiger partial charge in [0.05, 0.1) is 0 Å². The fraction of sp³-hybridized carbons (Fsp3) is 0.333. The molecule has 50 valence electrons. The molecule has 0 fully saturated rings. The van der Waals surface area contributed by atoms with Gasteiger partial charge in [0.1, 0.15) is 0 Å². The first-order chi connectivity index (χ1) is 3.91. The van der Waals surface area contributed by atoms with Crippen LogP contribution in [-0.2, 0) is 18.2 Å². The van der Waals surface area contributed by atoms with Crippen molar-refractivity contribution in [3.8, 4) is 0 Å². The Morgan fingerprint density at radius 2 is 2.00 bits per heavy atom. The van der Waals surface area contributed by atoms with Gasteiger partial charge in [0.25, 0.3) is 0 Å². The quantitative estimate of drug-likeness (QED) is 0.298. The Hall–Kier alpha value is 0.432. The van der Waals surface area contributed by atoms with Crippen molar-refractivity contribution in [2.24, 2.45) is 0 Å². The van der Waals surface area contributed by atoms with E-state index in [4.69, 9.17) is 6.58 Å². The summed E-state index contributed by atoms with van der Waals surface area (Å²) in [5.41, 5.74) is 0. The molecule has 0 aliphatic carbocycles. The van der Waals surface area contributed by atoms with Crippen LogP contribution in [0.5, 0.6) is 0 Å². The van der Waals surface area contributed by atoms with Crippen molar-refractivity contribution < 1.29 is 18.2 Å². The molecule has 0 saturated heterocycles. The third kappa shape index (κ3) is 16.1. The molecule has 8 heavy (non-hydrogen) atoms. The van der Waals surface area contributed by atoms with E-state index < -0.39 is 0 Å². The first-order valence-electron chi connectivity index (χ1n) is 2.18. The zero-order valence-corrected chi connectivity index (χ0v) is 6.86. The molecule has 0 aromatic rings. The predicted molar refractivity (Wildman–Crippen MR) is 34.2 cm³/mol. The summed E-state index contributed by atoms with van der Waals surface area (Å²) < 4.78 is 0. The number of halogens is 1. The number of allylic oxidation sites excluding steroid dienone is 2. The number of rotatable bonds is 3. The van der Waals surface area contributed by atoms with Crippen LogP contribution < -0.4 is 0 Å². The Labute approximate surface area is 66.0 Å². The molecule has 0 spiro atoms. The van der Waals surface area contributed by atoms with Gasteiger partial charge in [0.15, 0.2) is 0 Å². The Bertz CT molecular complexity index is 44.5. The van der Waals surface area contributed by atoms with Crippen LogP contribution in [0.2, 0.25) is 0 Å². The Morgan fingerprint density at radius 3 is 2.12 bits per heavy atom. The summed E-state index contributed by atoms with van der Waals surface area (Å²) in [4.78, 5) is 0. The first kappa shape index (κ1) is 11.3. The van der Waals surface area contributed by atoms with E-state index in [0.717, 1.165) is 12.8 Å². The number of unbranched alkanes of at least 4 members (excludes halogenated alkanes) is 1. The van der Waals surface area contributed by atoms with E-state index in [0.29, 0.717) is 0 Å². The summed E-state index contributed by atoms with van der Waals surface area (Å²) in [7, 11) is 4.49. The summed E-state index contributed by atoms with van der Waals surface area (Å²) in [6.07, 6.45) is 5.44. The van der Waals surface area contributed by atoms with Gasteiger partial charge >= 0.3 is 27.7 Å². The van der Waals surface area contributed by atoms with Crippen LogP contribution in [0.3, 0.4) is 0 Å². The normalized spacial score (nSPS) is 6.38. The van der Waals surface area contributed by atoms with Crippen LogP contribution in [0.25, 0.3) is 0 Å². The summed E-state index contributed by atoms with van der Waals surface area (Å²) in [5, 5.41) is 0. The molecule has 0 N–H and O–H groups in total. The Morgan fingerprint density at radius 1 is 1.50 bits per heavy atom. The zero-order valence-electron chi connectivity index (χ0n) is 4.55. The molecular formula is C6H9ClPd. The van der Waals surface area contributed by atoms with Crippen molar-refractivity contribution >= 4 is 9.53 Å². The van der Waals surface area contributed by atoms with E-state index in [1.165, 1.54) is 0 Å². The van der Waals surface area contributed by atoms with Crippen LogP contribution in [0.1, 0.15) is 12.8 Å². The van der Waals surface area contributed by atoms with E-state index in [1.807, 2.05) is 6.08 Å². The maximum absolute atomic E-state index is 5.04. The molecular weight excluding hydrogens is 214 g/mol. The molecule has 0 nitrogen and oxygen atoms in total. The molecule has 0 aliphatic heterocycles. The van der Waals surface area contributed by atoms with E-state index in [1.54, 1.807) is 6.08 Å². The molecule has 0 aliphatic rings. The fourth-order valence-electron chi connectivity index (χ4n) is 0.214. The topological polar surface area (TPSA) is 0 Å². The molecule has 0 rings (SSSR count). The minimum atomic E-state index is 0.948. The molecule has 0 amide bonds. The van der Waals surface area contributed by atoms with Crippen LogP contribution >= 0.6 is 9.53 Å². The van der Waals surface area contributed by atoms with Crippen molar-refractivity contribution in [1.82, 2.24) is 0 Å². The monoisotopic (exact) mass is 222 g/mol. The molecule has 0 saturated carbocycles. The van der Waals surface area contributed by atoms with Gasteiger partial charge in [0.2, 0.25) is 0 Å². The molecule has 0 bridgehead atoms. The third-order valence-electron chi connectivity index (χ3n) is 0.537. The number of hydrogen-bond donors (Lipinski definition) is 0. The van der Waals surface area contributed by atoms with Crippen molar-refractivity contribution in [3.05, 3.63) is 25.3 Å². The van der Waals surface area contributed by atoms with Crippen LogP contribution in [0.4, 0.5) is 0 Å². The average molecular weight is 223 g/mol. The average Bonchev–Trinajstić information content (AvgIpc) is 1.88. The van der Waals surface area contributed by atoms with Crippen molar-refractivity contribution in [1.29, 1.82) is 0 Å². The van der Waals surface area contributed by atoms with Gasteiger partial charge in [-0.15, -0.1) is 6.58 Å². The van der Waals surface area contributed by atoms with Crippen molar-refractivity contribution in [2.45, 2.75) is 12.8 Å². The van der Waals surface area contributed by atoms with E-state index >= 15 is 0 Å².